The van der Waals surface area contributed by atoms with Crippen LogP contribution in [-0.4, -0.2) is 21.0 Å². The van der Waals surface area contributed by atoms with Gasteiger partial charge in [-0.1, -0.05) is 32.9 Å². The van der Waals surface area contributed by atoms with Gasteiger partial charge in [0.15, 0.2) is 0 Å². The number of nitrogens with zero attached hydrogens (tertiary/aromatic N) is 2. The summed E-state index contributed by atoms with van der Waals surface area (Å²) in [6.45, 7) is 12.1. The van der Waals surface area contributed by atoms with Gasteiger partial charge in [0, 0.05) is 34.6 Å². The number of benzene rings is 2. The van der Waals surface area contributed by atoms with Gasteiger partial charge in [0.2, 0.25) is 0 Å². The highest BCUT2D eigenvalue weighted by molar-refractivity contribution is 5.96. The first-order chi connectivity index (χ1) is 13.4. The van der Waals surface area contributed by atoms with Crippen molar-refractivity contribution < 1.29 is 9.18 Å². The largest absolute Gasteiger partial charge is 0.347 e. The molecule has 152 valence electrons. The van der Waals surface area contributed by atoms with Gasteiger partial charge in [-0.3, -0.25) is 4.79 Å². The van der Waals surface area contributed by atoms with Crippen molar-refractivity contribution in [3.8, 4) is 16.8 Å². The number of imidazole rings is 1. The molecule has 0 atom stereocenters. The first kappa shape index (κ1) is 20.8. The molecule has 0 aliphatic rings. The van der Waals surface area contributed by atoms with Gasteiger partial charge in [-0.05, 0) is 62.2 Å². The van der Waals surface area contributed by atoms with Gasteiger partial charge < -0.3 is 9.88 Å². The predicted molar refractivity (Wildman–Crippen MR) is 115 cm³/mol. The van der Waals surface area contributed by atoms with Gasteiger partial charge in [0.05, 0.1) is 0 Å². The number of aromatic nitrogens is 2. The predicted octanol–water partition coefficient (Wildman–Crippen LogP) is 5.50. The van der Waals surface area contributed by atoms with E-state index in [1.54, 1.807) is 18.3 Å². The van der Waals surface area contributed by atoms with Crippen LogP contribution in [0.15, 0.2) is 54.9 Å². The molecule has 0 saturated carbocycles. The molecular weight excluding hydrogens is 365 g/mol. The summed E-state index contributed by atoms with van der Waals surface area (Å²) in [4.78, 5) is 17.4. The number of carbonyl (C=O) groups is 1. The molecule has 3 aromatic rings. The van der Waals surface area contributed by atoms with Crippen LogP contribution in [0.25, 0.3) is 16.8 Å². The second kappa shape index (κ2) is 7.47. The number of hydrogen-bond donors (Lipinski definition) is 1. The number of rotatable bonds is 3. The van der Waals surface area contributed by atoms with Gasteiger partial charge in [0.1, 0.15) is 11.6 Å². The first-order valence-electron chi connectivity index (χ1n) is 9.72. The maximum absolute atomic E-state index is 13.4. The zero-order chi connectivity index (χ0) is 21.4. The van der Waals surface area contributed by atoms with E-state index < -0.39 is 0 Å². The molecule has 0 spiro atoms. The van der Waals surface area contributed by atoms with Crippen LogP contribution in [0.1, 0.15) is 57.7 Å². The standard InChI is InChI=1S/C24H28FN3O/c1-23(2,3)22-26-11-12-28(22)20-14-17(16-7-9-19(25)10-8-16)13-18(15-20)21(29)27-24(4,5)6/h7-15H,1-6H3,(H,27,29). The Morgan fingerprint density at radius 2 is 1.62 bits per heavy atom. The van der Waals surface area contributed by atoms with Gasteiger partial charge in [-0.25, -0.2) is 9.37 Å². The molecule has 29 heavy (non-hydrogen) atoms. The lowest BCUT2D eigenvalue weighted by Gasteiger charge is -2.22. The normalized spacial score (nSPS) is 12.1. The van der Waals surface area contributed by atoms with Crippen molar-refractivity contribution in [1.29, 1.82) is 0 Å². The van der Waals surface area contributed by atoms with Gasteiger partial charge in [-0.15, -0.1) is 0 Å². The molecule has 0 fully saturated rings. The van der Waals surface area contributed by atoms with Crippen LogP contribution in [0.4, 0.5) is 4.39 Å². The summed E-state index contributed by atoms with van der Waals surface area (Å²) < 4.78 is 15.4. The lowest BCUT2D eigenvalue weighted by Crippen LogP contribution is -2.40. The molecule has 4 nitrogen and oxygen atoms in total. The monoisotopic (exact) mass is 393 g/mol. The smallest absolute Gasteiger partial charge is 0.251 e. The Hall–Kier alpha value is -2.95. The van der Waals surface area contributed by atoms with Crippen LogP contribution >= 0.6 is 0 Å². The van der Waals surface area contributed by atoms with E-state index in [1.807, 2.05) is 49.7 Å². The second-order valence-corrected chi connectivity index (χ2v) is 9.35. The second-order valence-electron chi connectivity index (χ2n) is 9.35. The summed E-state index contributed by atoms with van der Waals surface area (Å²) in [5.41, 5.74) is 2.56. The van der Waals surface area contributed by atoms with Crippen molar-refractivity contribution in [2.75, 3.05) is 0 Å². The Bertz CT molecular complexity index is 1020. The minimum Gasteiger partial charge on any atom is -0.347 e. The minimum absolute atomic E-state index is 0.153. The zero-order valence-corrected chi connectivity index (χ0v) is 17.9. The molecule has 1 N–H and O–H groups in total. The Morgan fingerprint density at radius 1 is 0.966 bits per heavy atom. The molecule has 3 rings (SSSR count). The van der Waals surface area contributed by atoms with Crippen molar-refractivity contribution in [3.63, 3.8) is 0 Å². The molecular formula is C24H28FN3O. The molecule has 0 aliphatic heterocycles. The highest BCUT2D eigenvalue weighted by atomic mass is 19.1. The highest BCUT2D eigenvalue weighted by Gasteiger charge is 2.22. The maximum atomic E-state index is 13.4. The molecule has 2 aromatic carbocycles. The van der Waals surface area contributed by atoms with E-state index in [2.05, 4.69) is 31.1 Å². The van der Waals surface area contributed by atoms with Crippen molar-refractivity contribution >= 4 is 5.91 Å². The van der Waals surface area contributed by atoms with E-state index in [0.717, 1.165) is 22.6 Å². The van der Waals surface area contributed by atoms with Crippen LogP contribution in [0, 0.1) is 5.82 Å². The molecule has 0 saturated heterocycles. The van der Waals surface area contributed by atoms with Crippen LogP contribution < -0.4 is 5.32 Å². The SMILES string of the molecule is CC(C)(C)NC(=O)c1cc(-c2ccc(F)cc2)cc(-n2ccnc2C(C)(C)C)c1. The lowest BCUT2D eigenvalue weighted by molar-refractivity contribution is 0.0919. The van der Waals surface area contributed by atoms with E-state index in [9.17, 15) is 9.18 Å². The zero-order valence-electron chi connectivity index (χ0n) is 17.9. The molecule has 1 amide bonds. The summed E-state index contributed by atoms with van der Waals surface area (Å²) in [5.74, 6) is 0.455. The van der Waals surface area contributed by atoms with Crippen LogP contribution in [0.2, 0.25) is 0 Å². The molecule has 1 heterocycles. The first-order valence-corrected chi connectivity index (χ1v) is 9.72. The van der Waals surface area contributed by atoms with Gasteiger partial charge in [0.25, 0.3) is 5.91 Å². The van der Waals surface area contributed by atoms with E-state index in [1.165, 1.54) is 12.1 Å². The number of carbonyl (C=O) groups excluding carboxylic acids is 1. The Morgan fingerprint density at radius 3 is 2.21 bits per heavy atom. The van der Waals surface area contributed by atoms with Crippen molar-refractivity contribution in [2.24, 2.45) is 0 Å². The third kappa shape index (κ3) is 4.91. The molecule has 0 radical (unpaired) electrons. The fourth-order valence-corrected chi connectivity index (χ4v) is 3.17. The Labute approximate surface area is 171 Å². The summed E-state index contributed by atoms with van der Waals surface area (Å²) in [7, 11) is 0. The lowest BCUT2D eigenvalue weighted by atomic mass is 9.95. The van der Waals surface area contributed by atoms with Gasteiger partial charge >= 0.3 is 0 Å². The average Bonchev–Trinajstić information content (AvgIpc) is 3.11. The number of hydrogen-bond acceptors (Lipinski definition) is 2. The van der Waals surface area contributed by atoms with E-state index in [0.29, 0.717) is 5.56 Å². The minimum atomic E-state index is -0.352. The summed E-state index contributed by atoms with van der Waals surface area (Å²) in [6, 6.07) is 12.0. The highest BCUT2D eigenvalue weighted by Crippen LogP contribution is 2.28. The summed E-state index contributed by atoms with van der Waals surface area (Å²) in [5, 5.41) is 3.02. The maximum Gasteiger partial charge on any atom is 0.251 e. The summed E-state index contributed by atoms with van der Waals surface area (Å²) in [6.07, 6.45) is 3.66. The van der Waals surface area contributed by atoms with Crippen molar-refractivity contribution in [1.82, 2.24) is 14.9 Å². The number of halogens is 1. The summed E-state index contributed by atoms with van der Waals surface area (Å²) >= 11 is 0. The third-order valence-corrected chi connectivity index (χ3v) is 4.44. The molecule has 0 bridgehead atoms. The Kier molecular flexibility index (Phi) is 5.35. The molecule has 5 heteroatoms. The van der Waals surface area contributed by atoms with Crippen LogP contribution in [0.5, 0.6) is 0 Å². The van der Waals surface area contributed by atoms with Crippen LogP contribution in [-0.2, 0) is 5.41 Å². The quantitative estimate of drug-likeness (QED) is 0.638. The third-order valence-electron chi connectivity index (χ3n) is 4.44. The fraction of sp³-hybridized carbons (Fsp3) is 0.333. The van der Waals surface area contributed by atoms with E-state index in [-0.39, 0.29) is 22.7 Å². The van der Waals surface area contributed by atoms with E-state index in [4.69, 9.17) is 0 Å². The molecule has 0 unspecified atom stereocenters. The van der Waals surface area contributed by atoms with Crippen molar-refractivity contribution in [3.05, 3.63) is 72.1 Å². The average molecular weight is 394 g/mol. The molecule has 1 aromatic heterocycles. The van der Waals surface area contributed by atoms with Crippen molar-refractivity contribution in [2.45, 2.75) is 52.5 Å². The number of amides is 1. The Balaban J connectivity index is 2.17. The van der Waals surface area contributed by atoms with E-state index >= 15 is 0 Å². The van der Waals surface area contributed by atoms with Crippen LogP contribution in [0.3, 0.4) is 0 Å². The fourth-order valence-electron chi connectivity index (χ4n) is 3.17. The molecule has 0 aliphatic carbocycles. The number of nitrogens with one attached hydrogen (secondary N) is 1. The topological polar surface area (TPSA) is 46.9 Å². The van der Waals surface area contributed by atoms with Gasteiger partial charge in [-0.2, -0.15) is 0 Å².